The lowest BCUT2D eigenvalue weighted by Gasteiger charge is -2.18. The highest BCUT2D eigenvalue weighted by atomic mass is 15.4. The molecule has 0 saturated carbocycles. The molecular weight excluding hydrogens is 266 g/mol. The number of rotatable bonds is 3. The lowest BCUT2D eigenvalue weighted by Crippen LogP contribution is -2.21. The lowest BCUT2D eigenvalue weighted by atomic mass is 10.1. The average Bonchev–Trinajstić information content (AvgIpc) is 3.06. The number of fused-ring (bicyclic) bond motifs is 1. The van der Waals surface area contributed by atoms with Crippen molar-refractivity contribution in [2.75, 3.05) is 5.32 Å². The summed E-state index contributed by atoms with van der Waals surface area (Å²) < 4.78 is 3.61. The Kier molecular flexibility index (Phi) is 3.12. The molecule has 3 heterocycles. The third kappa shape index (κ3) is 2.58. The molecule has 0 aliphatic heterocycles. The zero-order chi connectivity index (χ0) is 15.0. The molecule has 0 bridgehead atoms. The van der Waals surface area contributed by atoms with Gasteiger partial charge in [-0.25, -0.2) is 4.98 Å². The second-order valence-electron chi connectivity index (χ2n) is 5.93. The Bertz CT molecular complexity index is 763. The molecular formula is C14H19N7. The molecule has 7 heteroatoms. The first-order chi connectivity index (χ1) is 9.97. The van der Waals surface area contributed by atoms with Crippen molar-refractivity contribution in [3.63, 3.8) is 0 Å². The van der Waals surface area contributed by atoms with Crippen molar-refractivity contribution in [1.29, 1.82) is 0 Å². The summed E-state index contributed by atoms with van der Waals surface area (Å²) in [4.78, 5) is 8.58. The van der Waals surface area contributed by atoms with Gasteiger partial charge in [0.1, 0.15) is 12.1 Å². The zero-order valence-corrected chi connectivity index (χ0v) is 12.7. The van der Waals surface area contributed by atoms with Crippen LogP contribution in [0.15, 0.2) is 24.8 Å². The Labute approximate surface area is 123 Å². The summed E-state index contributed by atoms with van der Waals surface area (Å²) in [5, 5.41) is 11.9. The molecule has 110 valence electrons. The maximum Gasteiger partial charge on any atom is 0.254 e. The van der Waals surface area contributed by atoms with Crippen LogP contribution < -0.4 is 5.32 Å². The molecule has 0 saturated heterocycles. The van der Waals surface area contributed by atoms with E-state index in [1.807, 2.05) is 16.9 Å². The number of hydrogen-bond acceptors (Lipinski definition) is 5. The van der Waals surface area contributed by atoms with E-state index in [2.05, 4.69) is 53.2 Å². The van der Waals surface area contributed by atoms with Crippen LogP contribution in [-0.2, 0) is 12.0 Å². The Morgan fingerprint density at radius 1 is 1.24 bits per heavy atom. The third-order valence-corrected chi connectivity index (χ3v) is 3.21. The van der Waals surface area contributed by atoms with E-state index in [0.29, 0.717) is 5.78 Å². The summed E-state index contributed by atoms with van der Waals surface area (Å²) in [5.74, 6) is 1.43. The molecule has 0 atom stereocenters. The Balaban J connectivity index is 1.97. The van der Waals surface area contributed by atoms with Gasteiger partial charge in [0.2, 0.25) is 0 Å². The molecule has 21 heavy (non-hydrogen) atoms. The Morgan fingerprint density at radius 2 is 2.05 bits per heavy atom. The van der Waals surface area contributed by atoms with Crippen LogP contribution in [-0.4, -0.2) is 29.4 Å². The molecule has 0 aliphatic carbocycles. The first-order valence-corrected chi connectivity index (χ1v) is 6.99. The van der Waals surface area contributed by atoms with Gasteiger partial charge < -0.3 is 5.32 Å². The molecule has 0 aromatic carbocycles. The predicted molar refractivity (Wildman–Crippen MR) is 80.7 cm³/mol. The normalized spacial score (nSPS) is 12.0. The van der Waals surface area contributed by atoms with Gasteiger partial charge in [0, 0.05) is 18.0 Å². The number of nitrogens with zero attached hydrogens (tertiary/aromatic N) is 6. The second kappa shape index (κ2) is 4.83. The highest BCUT2D eigenvalue weighted by Gasteiger charge is 2.14. The first-order valence-electron chi connectivity index (χ1n) is 6.99. The molecule has 0 radical (unpaired) electrons. The van der Waals surface area contributed by atoms with E-state index in [1.54, 1.807) is 10.7 Å². The molecule has 3 aromatic rings. The highest BCUT2D eigenvalue weighted by molar-refractivity contribution is 5.57. The number of anilines is 2. The Morgan fingerprint density at radius 3 is 2.71 bits per heavy atom. The van der Waals surface area contributed by atoms with Gasteiger partial charge >= 0.3 is 0 Å². The number of hydrogen-bond donors (Lipinski definition) is 1. The summed E-state index contributed by atoms with van der Waals surface area (Å²) in [6.07, 6.45) is 6.14. The van der Waals surface area contributed by atoms with E-state index in [9.17, 15) is 0 Å². The van der Waals surface area contributed by atoms with E-state index in [1.165, 1.54) is 6.33 Å². The standard InChI is InChI=1S/C14H19N7/c1-5-10-6-12(21-13(19-10)15-9-17-21)18-11-7-16-20(8-11)14(2,3)4/h6-9,18H,5H2,1-4H3. The van der Waals surface area contributed by atoms with Crippen molar-refractivity contribution in [2.45, 2.75) is 39.7 Å². The van der Waals surface area contributed by atoms with Gasteiger partial charge in [0.15, 0.2) is 0 Å². The first kappa shape index (κ1) is 13.5. The van der Waals surface area contributed by atoms with Gasteiger partial charge in [-0.3, -0.25) is 4.68 Å². The minimum Gasteiger partial charge on any atom is -0.337 e. The average molecular weight is 285 g/mol. The zero-order valence-electron chi connectivity index (χ0n) is 12.7. The van der Waals surface area contributed by atoms with Crippen LogP contribution in [0.1, 0.15) is 33.4 Å². The van der Waals surface area contributed by atoms with Crippen LogP contribution in [0.2, 0.25) is 0 Å². The van der Waals surface area contributed by atoms with Gasteiger partial charge in [-0.2, -0.15) is 19.7 Å². The fourth-order valence-electron chi connectivity index (χ4n) is 2.03. The number of aryl methyl sites for hydroxylation is 1. The molecule has 3 aromatic heterocycles. The molecule has 0 aliphatic rings. The van der Waals surface area contributed by atoms with Crippen molar-refractivity contribution in [2.24, 2.45) is 0 Å². The van der Waals surface area contributed by atoms with Gasteiger partial charge in [0.05, 0.1) is 17.4 Å². The van der Waals surface area contributed by atoms with Crippen molar-refractivity contribution < 1.29 is 0 Å². The van der Waals surface area contributed by atoms with Crippen LogP contribution in [0.25, 0.3) is 5.78 Å². The van der Waals surface area contributed by atoms with Gasteiger partial charge in [-0.1, -0.05) is 6.92 Å². The fourth-order valence-corrected chi connectivity index (χ4v) is 2.03. The molecule has 1 N–H and O–H groups in total. The molecule has 0 spiro atoms. The van der Waals surface area contributed by atoms with Crippen molar-refractivity contribution in [1.82, 2.24) is 29.4 Å². The number of aromatic nitrogens is 6. The topological polar surface area (TPSA) is 72.9 Å². The maximum atomic E-state index is 4.43. The molecule has 0 unspecified atom stereocenters. The van der Waals surface area contributed by atoms with Gasteiger partial charge in [-0.15, -0.1) is 0 Å². The molecule has 3 rings (SSSR count). The maximum absolute atomic E-state index is 4.43. The summed E-state index contributed by atoms with van der Waals surface area (Å²) in [7, 11) is 0. The van der Waals surface area contributed by atoms with Crippen LogP contribution >= 0.6 is 0 Å². The van der Waals surface area contributed by atoms with Crippen LogP contribution in [0.5, 0.6) is 0 Å². The molecule has 0 amide bonds. The van der Waals surface area contributed by atoms with E-state index >= 15 is 0 Å². The summed E-state index contributed by atoms with van der Waals surface area (Å²) in [6, 6.07) is 1.98. The quantitative estimate of drug-likeness (QED) is 0.800. The smallest absolute Gasteiger partial charge is 0.254 e. The lowest BCUT2D eigenvalue weighted by molar-refractivity contribution is 0.355. The monoisotopic (exact) mass is 285 g/mol. The molecule has 7 nitrogen and oxygen atoms in total. The number of nitrogens with one attached hydrogen (secondary N) is 1. The SMILES string of the molecule is CCc1cc(Nc2cnn(C(C)(C)C)c2)n2ncnc2n1. The second-order valence-corrected chi connectivity index (χ2v) is 5.93. The summed E-state index contributed by atoms with van der Waals surface area (Å²) in [6.45, 7) is 8.40. The predicted octanol–water partition coefficient (Wildman–Crippen LogP) is 2.38. The highest BCUT2D eigenvalue weighted by Crippen LogP contribution is 2.20. The Hall–Kier alpha value is -2.44. The third-order valence-electron chi connectivity index (χ3n) is 3.21. The van der Waals surface area contributed by atoms with E-state index < -0.39 is 0 Å². The van der Waals surface area contributed by atoms with Gasteiger partial charge in [-0.05, 0) is 27.2 Å². The van der Waals surface area contributed by atoms with Crippen LogP contribution in [0.3, 0.4) is 0 Å². The van der Waals surface area contributed by atoms with E-state index in [-0.39, 0.29) is 5.54 Å². The minimum absolute atomic E-state index is 0.0463. The molecule has 0 fully saturated rings. The van der Waals surface area contributed by atoms with Gasteiger partial charge in [0.25, 0.3) is 5.78 Å². The summed E-state index contributed by atoms with van der Waals surface area (Å²) in [5.41, 5.74) is 1.84. The van der Waals surface area contributed by atoms with Crippen molar-refractivity contribution in [3.05, 3.63) is 30.5 Å². The van der Waals surface area contributed by atoms with Crippen LogP contribution in [0.4, 0.5) is 11.5 Å². The van der Waals surface area contributed by atoms with E-state index in [0.717, 1.165) is 23.6 Å². The van der Waals surface area contributed by atoms with Crippen LogP contribution in [0, 0.1) is 0 Å². The van der Waals surface area contributed by atoms with Crippen molar-refractivity contribution >= 4 is 17.3 Å². The fraction of sp³-hybridized carbons (Fsp3) is 0.429. The van der Waals surface area contributed by atoms with E-state index in [4.69, 9.17) is 0 Å². The largest absolute Gasteiger partial charge is 0.337 e. The van der Waals surface area contributed by atoms with Crippen molar-refractivity contribution in [3.8, 4) is 0 Å². The summed E-state index contributed by atoms with van der Waals surface area (Å²) >= 11 is 0. The minimum atomic E-state index is -0.0463.